The summed E-state index contributed by atoms with van der Waals surface area (Å²) >= 11 is 0. The summed E-state index contributed by atoms with van der Waals surface area (Å²) < 4.78 is 17.8. The van der Waals surface area contributed by atoms with Crippen LogP contribution in [-0.2, 0) is 0 Å². The predicted molar refractivity (Wildman–Crippen MR) is 47.7 cm³/mol. The van der Waals surface area contributed by atoms with Gasteiger partial charge < -0.3 is 15.1 Å². The van der Waals surface area contributed by atoms with Crippen molar-refractivity contribution in [1.82, 2.24) is 5.48 Å². The first-order valence-electron chi connectivity index (χ1n) is 4.07. The Morgan fingerprint density at radius 2 is 2.29 bits per heavy atom. The number of halogens is 1. The van der Waals surface area contributed by atoms with Crippen LogP contribution in [0, 0.1) is 5.82 Å². The van der Waals surface area contributed by atoms with Crippen LogP contribution in [0.15, 0.2) is 18.2 Å². The van der Waals surface area contributed by atoms with Crippen LogP contribution in [0.1, 0.15) is 11.7 Å². The van der Waals surface area contributed by atoms with E-state index in [2.05, 4.69) is 0 Å². The van der Waals surface area contributed by atoms with Crippen LogP contribution in [-0.4, -0.2) is 24.0 Å². The Hall–Kier alpha value is -1.17. The van der Waals surface area contributed by atoms with Crippen LogP contribution < -0.4 is 10.2 Å². The van der Waals surface area contributed by atoms with Crippen LogP contribution in [0.25, 0.3) is 0 Å². The van der Waals surface area contributed by atoms with Crippen molar-refractivity contribution < 1.29 is 19.4 Å². The molecule has 0 amide bonds. The quantitative estimate of drug-likeness (QED) is 0.632. The van der Waals surface area contributed by atoms with Crippen LogP contribution in [0.5, 0.6) is 5.75 Å². The molecule has 0 aliphatic rings. The molecule has 3 N–H and O–H groups in total. The zero-order valence-electron chi connectivity index (χ0n) is 7.70. The molecule has 5 heteroatoms. The van der Waals surface area contributed by atoms with Crippen LogP contribution in [0.3, 0.4) is 0 Å². The second-order valence-corrected chi connectivity index (χ2v) is 2.76. The van der Waals surface area contributed by atoms with E-state index >= 15 is 0 Å². The molecule has 14 heavy (non-hydrogen) atoms. The maximum Gasteiger partial charge on any atom is 0.124 e. The zero-order chi connectivity index (χ0) is 10.6. The van der Waals surface area contributed by atoms with Crippen molar-refractivity contribution >= 4 is 0 Å². The van der Waals surface area contributed by atoms with Gasteiger partial charge >= 0.3 is 0 Å². The largest absolute Gasteiger partial charge is 0.496 e. The van der Waals surface area contributed by atoms with Crippen molar-refractivity contribution in [2.45, 2.75) is 6.10 Å². The molecule has 0 aromatic heterocycles. The van der Waals surface area contributed by atoms with E-state index in [1.807, 2.05) is 5.48 Å². The second kappa shape index (κ2) is 4.90. The fraction of sp³-hybridized carbons (Fsp3) is 0.333. The Morgan fingerprint density at radius 1 is 1.57 bits per heavy atom. The molecule has 0 spiro atoms. The number of aliphatic hydroxyl groups excluding tert-OH is 1. The van der Waals surface area contributed by atoms with Gasteiger partial charge in [0.25, 0.3) is 0 Å². The first kappa shape index (κ1) is 10.9. The number of hydrogen-bond donors (Lipinski definition) is 3. The summed E-state index contributed by atoms with van der Waals surface area (Å²) in [5.41, 5.74) is 2.11. The lowest BCUT2D eigenvalue weighted by Gasteiger charge is -2.13. The highest BCUT2D eigenvalue weighted by atomic mass is 19.1. The van der Waals surface area contributed by atoms with E-state index in [-0.39, 0.29) is 6.54 Å². The van der Waals surface area contributed by atoms with Gasteiger partial charge in [-0.25, -0.2) is 9.87 Å². The van der Waals surface area contributed by atoms with Gasteiger partial charge in [-0.15, -0.1) is 0 Å². The van der Waals surface area contributed by atoms with E-state index in [4.69, 9.17) is 9.94 Å². The second-order valence-electron chi connectivity index (χ2n) is 2.76. The molecule has 1 atom stereocenters. The summed E-state index contributed by atoms with van der Waals surface area (Å²) in [4.78, 5) is 0. The van der Waals surface area contributed by atoms with Gasteiger partial charge in [-0.1, -0.05) is 0 Å². The fourth-order valence-corrected chi connectivity index (χ4v) is 1.16. The average Bonchev–Trinajstić information content (AvgIpc) is 2.18. The SMILES string of the molecule is COc1ccc(F)cc1C(O)CNO. The Morgan fingerprint density at radius 3 is 2.86 bits per heavy atom. The summed E-state index contributed by atoms with van der Waals surface area (Å²) in [5, 5.41) is 17.9. The smallest absolute Gasteiger partial charge is 0.124 e. The molecule has 0 aliphatic carbocycles. The van der Waals surface area contributed by atoms with Gasteiger partial charge in [0.05, 0.1) is 19.8 Å². The van der Waals surface area contributed by atoms with Crippen molar-refractivity contribution in [3.8, 4) is 5.75 Å². The average molecular weight is 201 g/mol. The zero-order valence-corrected chi connectivity index (χ0v) is 7.70. The van der Waals surface area contributed by atoms with E-state index in [0.29, 0.717) is 11.3 Å². The molecule has 0 saturated carbocycles. The summed E-state index contributed by atoms with van der Waals surface area (Å²) in [6.45, 7) is -0.0835. The van der Waals surface area contributed by atoms with Crippen molar-refractivity contribution in [1.29, 1.82) is 0 Å². The molecule has 0 radical (unpaired) electrons. The molecule has 0 heterocycles. The first-order valence-corrected chi connectivity index (χ1v) is 4.07. The number of nitrogens with one attached hydrogen (secondary N) is 1. The van der Waals surface area contributed by atoms with E-state index in [9.17, 15) is 9.50 Å². The monoisotopic (exact) mass is 201 g/mol. The van der Waals surface area contributed by atoms with Gasteiger partial charge in [-0.05, 0) is 18.2 Å². The van der Waals surface area contributed by atoms with E-state index in [0.717, 1.165) is 0 Å². The third-order valence-corrected chi connectivity index (χ3v) is 1.84. The Balaban J connectivity index is 2.97. The molecule has 0 saturated heterocycles. The van der Waals surface area contributed by atoms with E-state index in [1.165, 1.54) is 25.3 Å². The van der Waals surface area contributed by atoms with Gasteiger partial charge in [0.2, 0.25) is 0 Å². The molecule has 0 aliphatic heterocycles. The number of methoxy groups -OCH3 is 1. The highest BCUT2D eigenvalue weighted by Crippen LogP contribution is 2.25. The van der Waals surface area contributed by atoms with Crippen molar-refractivity contribution in [2.24, 2.45) is 0 Å². The van der Waals surface area contributed by atoms with Crippen molar-refractivity contribution in [3.05, 3.63) is 29.6 Å². The van der Waals surface area contributed by atoms with Crippen LogP contribution in [0.4, 0.5) is 4.39 Å². The molecule has 4 nitrogen and oxygen atoms in total. The van der Waals surface area contributed by atoms with Gasteiger partial charge in [-0.3, -0.25) is 0 Å². The number of rotatable bonds is 4. The standard InChI is InChI=1S/C9H12FNO3/c1-14-9-3-2-6(10)4-7(9)8(12)5-11-13/h2-4,8,11-13H,5H2,1H3. The summed E-state index contributed by atoms with van der Waals surface area (Å²) in [7, 11) is 1.43. The number of benzene rings is 1. The molecule has 1 unspecified atom stereocenters. The minimum absolute atomic E-state index is 0.0835. The normalized spacial score (nSPS) is 12.6. The van der Waals surface area contributed by atoms with E-state index < -0.39 is 11.9 Å². The van der Waals surface area contributed by atoms with Gasteiger partial charge in [0, 0.05) is 5.56 Å². The maximum absolute atomic E-state index is 12.8. The van der Waals surface area contributed by atoms with Crippen molar-refractivity contribution in [2.75, 3.05) is 13.7 Å². The Bertz CT molecular complexity index is 306. The minimum Gasteiger partial charge on any atom is -0.496 e. The summed E-state index contributed by atoms with van der Waals surface area (Å²) in [5.74, 6) is -0.0769. The lowest BCUT2D eigenvalue weighted by atomic mass is 10.1. The number of hydroxylamine groups is 1. The fourth-order valence-electron chi connectivity index (χ4n) is 1.16. The molecule has 1 aromatic rings. The number of hydrogen-bond acceptors (Lipinski definition) is 4. The molecule has 0 bridgehead atoms. The lowest BCUT2D eigenvalue weighted by Crippen LogP contribution is -2.18. The third kappa shape index (κ3) is 2.41. The number of aliphatic hydroxyl groups is 1. The highest BCUT2D eigenvalue weighted by molar-refractivity contribution is 5.35. The molecule has 78 valence electrons. The van der Waals surface area contributed by atoms with Crippen molar-refractivity contribution in [3.63, 3.8) is 0 Å². The molecule has 0 fully saturated rings. The predicted octanol–water partition coefficient (Wildman–Crippen LogP) is 0.847. The molecule has 1 rings (SSSR count). The van der Waals surface area contributed by atoms with Gasteiger partial charge in [0.15, 0.2) is 0 Å². The van der Waals surface area contributed by atoms with Crippen LogP contribution >= 0.6 is 0 Å². The summed E-state index contributed by atoms with van der Waals surface area (Å²) in [6.07, 6.45) is -1.01. The van der Waals surface area contributed by atoms with E-state index in [1.54, 1.807) is 0 Å². The molecule has 1 aromatic carbocycles. The maximum atomic E-state index is 12.8. The molecular weight excluding hydrogens is 189 g/mol. The number of ether oxygens (including phenoxy) is 1. The van der Waals surface area contributed by atoms with Gasteiger partial charge in [0.1, 0.15) is 11.6 Å². The lowest BCUT2D eigenvalue weighted by molar-refractivity contribution is 0.0905. The highest BCUT2D eigenvalue weighted by Gasteiger charge is 2.13. The van der Waals surface area contributed by atoms with Gasteiger partial charge in [-0.2, -0.15) is 0 Å². The summed E-state index contributed by atoms with van der Waals surface area (Å²) in [6, 6.07) is 3.83. The first-order chi connectivity index (χ1) is 6.69. The minimum atomic E-state index is -1.01. The topological polar surface area (TPSA) is 61.7 Å². The molecular formula is C9H12FNO3. The Kier molecular flexibility index (Phi) is 3.82. The Labute approximate surface area is 80.9 Å². The van der Waals surface area contributed by atoms with Crippen LogP contribution in [0.2, 0.25) is 0 Å². The third-order valence-electron chi connectivity index (χ3n) is 1.84.